The van der Waals surface area contributed by atoms with E-state index in [0.29, 0.717) is 0 Å². The van der Waals surface area contributed by atoms with Crippen molar-refractivity contribution in [3.05, 3.63) is 50.1 Å². The highest BCUT2D eigenvalue weighted by Gasteiger charge is 2.22. The van der Waals surface area contributed by atoms with Crippen LogP contribution in [0.15, 0.2) is 40.9 Å². The lowest BCUT2D eigenvalue weighted by molar-refractivity contribution is -0.907. The molecule has 1 unspecified atom stereocenters. The second kappa shape index (κ2) is 7.40. The van der Waals surface area contributed by atoms with Crippen molar-refractivity contribution in [1.82, 2.24) is 0 Å². The maximum Gasteiger partial charge on any atom is 0.282 e. The Morgan fingerprint density at radius 3 is 2.57 bits per heavy atom. The molecule has 21 heavy (non-hydrogen) atoms. The number of carbonyl (C=O) groups is 1. The molecule has 6 heteroatoms. The van der Waals surface area contributed by atoms with E-state index in [-0.39, 0.29) is 11.9 Å². The van der Waals surface area contributed by atoms with E-state index >= 15 is 0 Å². The van der Waals surface area contributed by atoms with E-state index in [4.69, 9.17) is 11.6 Å². The minimum atomic E-state index is -0.144. The molecule has 0 bridgehead atoms. The Labute approximate surface area is 142 Å². The van der Waals surface area contributed by atoms with Crippen LogP contribution in [0.5, 0.6) is 0 Å². The molecule has 1 heterocycles. The van der Waals surface area contributed by atoms with Gasteiger partial charge in [0.15, 0.2) is 6.04 Å². The lowest BCUT2D eigenvalue weighted by Gasteiger charge is -2.20. The van der Waals surface area contributed by atoms with Gasteiger partial charge in [0.1, 0.15) is 6.54 Å². The predicted octanol–water partition coefficient (Wildman–Crippen LogP) is 3.21. The Bertz CT molecular complexity index is 614. The van der Waals surface area contributed by atoms with Crippen molar-refractivity contribution in [3.63, 3.8) is 0 Å². The van der Waals surface area contributed by atoms with E-state index in [1.807, 2.05) is 50.4 Å². The molecule has 2 atom stereocenters. The molecule has 3 nitrogen and oxygen atoms in total. The van der Waals surface area contributed by atoms with Crippen molar-refractivity contribution in [2.24, 2.45) is 0 Å². The van der Waals surface area contributed by atoms with Gasteiger partial charge in [0.2, 0.25) is 0 Å². The monoisotopic (exact) mass is 387 g/mol. The van der Waals surface area contributed by atoms with Crippen LogP contribution in [-0.4, -0.2) is 19.0 Å². The van der Waals surface area contributed by atoms with Crippen LogP contribution in [0.2, 0.25) is 4.34 Å². The third-order valence-corrected chi connectivity index (χ3v) is 5.09. The highest BCUT2D eigenvalue weighted by atomic mass is 79.9. The highest BCUT2D eigenvalue weighted by molar-refractivity contribution is 9.10. The summed E-state index contributed by atoms with van der Waals surface area (Å²) >= 11 is 10.9. The molecule has 0 spiro atoms. The minimum absolute atomic E-state index is 0.0116. The number of amides is 1. The average Bonchev–Trinajstić information content (AvgIpc) is 2.85. The van der Waals surface area contributed by atoms with E-state index < -0.39 is 0 Å². The van der Waals surface area contributed by atoms with Gasteiger partial charge in [-0.25, -0.2) is 0 Å². The third kappa shape index (κ3) is 4.81. The Hall–Kier alpha value is -0.880. The molecule has 1 amide bonds. The normalized spacial score (nSPS) is 13.7. The largest absolute Gasteiger partial charge is 0.323 e. The molecule has 2 N–H and O–H groups in total. The van der Waals surface area contributed by atoms with Crippen LogP contribution in [0.4, 0.5) is 5.69 Å². The molecule has 0 radical (unpaired) electrons. The molecular weight excluding hydrogens is 372 g/mol. The number of hydrogen-bond donors (Lipinski definition) is 2. The van der Waals surface area contributed by atoms with Gasteiger partial charge in [-0.1, -0.05) is 27.5 Å². The van der Waals surface area contributed by atoms with E-state index in [9.17, 15) is 4.79 Å². The molecule has 0 saturated carbocycles. The maximum absolute atomic E-state index is 12.3. The Morgan fingerprint density at radius 1 is 1.33 bits per heavy atom. The zero-order chi connectivity index (χ0) is 15.4. The van der Waals surface area contributed by atoms with Gasteiger partial charge in [-0.15, -0.1) is 11.3 Å². The smallest absolute Gasteiger partial charge is 0.282 e. The molecular formula is C15H17BrClN2OS+. The first-order valence-corrected chi connectivity index (χ1v) is 8.57. The lowest BCUT2D eigenvalue weighted by Crippen LogP contribution is -3.12. The second-order valence-corrected chi connectivity index (χ2v) is 7.66. The zero-order valence-electron chi connectivity index (χ0n) is 11.8. The van der Waals surface area contributed by atoms with E-state index in [2.05, 4.69) is 21.2 Å². The fourth-order valence-electron chi connectivity index (χ4n) is 1.88. The number of benzene rings is 1. The van der Waals surface area contributed by atoms with E-state index in [1.54, 1.807) is 11.3 Å². The maximum atomic E-state index is 12.3. The number of rotatable bonds is 5. The summed E-state index contributed by atoms with van der Waals surface area (Å²) in [6.07, 6.45) is 0. The quantitative estimate of drug-likeness (QED) is 0.810. The molecule has 0 aliphatic rings. The summed E-state index contributed by atoms with van der Waals surface area (Å²) in [4.78, 5) is 14.6. The predicted molar refractivity (Wildman–Crippen MR) is 92.2 cm³/mol. The average molecular weight is 389 g/mol. The van der Waals surface area contributed by atoms with E-state index in [1.165, 1.54) is 4.88 Å². The van der Waals surface area contributed by atoms with Gasteiger partial charge in [0, 0.05) is 10.2 Å². The summed E-state index contributed by atoms with van der Waals surface area (Å²) in [6.45, 7) is 2.71. The Morgan fingerprint density at radius 2 is 2.00 bits per heavy atom. The summed E-state index contributed by atoms with van der Waals surface area (Å²) in [5.74, 6) is 0.0116. The number of halogens is 2. The van der Waals surface area contributed by atoms with Crippen LogP contribution in [0, 0.1) is 0 Å². The Kier molecular flexibility index (Phi) is 5.81. The van der Waals surface area contributed by atoms with Crippen LogP contribution in [0.25, 0.3) is 0 Å². The molecule has 2 aromatic rings. The summed E-state index contributed by atoms with van der Waals surface area (Å²) < 4.78 is 1.77. The standard InChI is InChI=1S/C15H16BrClN2OS/c1-10(19(2)9-13-7-8-14(17)21-13)15(20)18-12-5-3-11(16)4-6-12/h3-8,10H,9H2,1-2H3,(H,18,20)/p+1/t10-/m1/s1. The number of quaternary nitrogens is 1. The number of anilines is 1. The van der Waals surface area contributed by atoms with Crippen molar-refractivity contribution < 1.29 is 9.69 Å². The van der Waals surface area contributed by atoms with Crippen LogP contribution in [-0.2, 0) is 11.3 Å². The first kappa shape index (κ1) is 16.5. The summed E-state index contributed by atoms with van der Waals surface area (Å²) in [5, 5.41) is 2.94. The Balaban J connectivity index is 1.93. The molecule has 0 saturated heterocycles. The molecule has 1 aromatic carbocycles. The second-order valence-electron chi connectivity index (χ2n) is 4.95. The van der Waals surface area contributed by atoms with Crippen molar-refractivity contribution in [2.45, 2.75) is 19.5 Å². The molecule has 0 aliphatic carbocycles. The third-order valence-electron chi connectivity index (χ3n) is 3.33. The van der Waals surface area contributed by atoms with E-state index in [0.717, 1.165) is 25.9 Å². The van der Waals surface area contributed by atoms with Gasteiger partial charge in [0.25, 0.3) is 5.91 Å². The highest BCUT2D eigenvalue weighted by Crippen LogP contribution is 2.20. The van der Waals surface area contributed by atoms with Crippen molar-refractivity contribution in [1.29, 1.82) is 0 Å². The van der Waals surface area contributed by atoms with Crippen molar-refractivity contribution in [2.75, 3.05) is 12.4 Å². The van der Waals surface area contributed by atoms with Crippen molar-refractivity contribution in [3.8, 4) is 0 Å². The van der Waals surface area contributed by atoms with Crippen LogP contribution >= 0.6 is 38.9 Å². The van der Waals surface area contributed by atoms with Gasteiger partial charge < -0.3 is 10.2 Å². The summed E-state index contributed by atoms with van der Waals surface area (Å²) in [5.41, 5.74) is 0.807. The first-order valence-electron chi connectivity index (χ1n) is 6.58. The molecule has 1 aromatic heterocycles. The number of thiophene rings is 1. The van der Waals surface area contributed by atoms with Gasteiger partial charge in [-0.05, 0) is 43.3 Å². The molecule has 112 valence electrons. The first-order chi connectivity index (χ1) is 9.95. The summed E-state index contributed by atoms with van der Waals surface area (Å²) in [6, 6.07) is 11.3. The van der Waals surface area contributed by atoms with Gasteiger partial charge in [-0.3, -0.25) is 4.79 Å². The number of nitrogens with one attached hydrogen (secondary N) is 2. The number of hydrogen-bond acceptors (Lipinski definition) is 2. The fraction of sp³-hybridized carbons (Fsp3) is 0.267. The number of carbonyl (C=O) groups excluding carboxylic acids is 1. The van der Waals surface area contributed by atoms with Crippen LogP contribution in [0.3, 0.4) is 0 Å². The van der Waals surface area contributed by atoms with Crippen molar-refractivity contribution >= 4 is 50.5 Å². The topological polar surface area (TPSA) is 33.5 Å². The van der Waals surface area contributed by atoms with Crippen LogP contribution < -0.4 is 10.2 Å². The van der Waals surface area contributed by atoms with Gasteiger partial charge >= 0.3 is 0 Å². The van der Waals surface area contributed by atoms with Crippen LogP contribution in [0.1, 0.15) is 11.8 Å². The number of likely N-dealkylation sites (N-methyl/N-ethyl adjacent to an activating group) is 1. The SMILES string of the molecule is C[C@H](C(=O)Nc1ccc(Br)cc1)[NH+](C)Cc1ccc(Cl)s1. The van der Waals surface area contributed by atoms with Gasteiger partial charge in [-0.2, -0.15) is 0 Å². The molecule has 0 fully saturated rings. The minimum Gasteiger partial charge on any atom is -0.323 e. The summed E-state index contributed by atoms with van der Waals surface area (Å²) in [7, 11) is 2.01. The fourth-order valence-corrected chi connectivity index (χ4v) is 3.33. The van der Waals surface area contributed by atoms with Gasteiger partial charge in [0.05, 0.1) is 16.3 Å². The zero-order valence-corrected chi connectivity index (χ0v) is 15.0. The molecule has 0 aliphatic heterocycles. The molecule has 2 rings (SSSR count). The lowest BCUT2D eigenvalue weighted by atomic mass is 10.2.